The molecule has 0 radical (unpaired) electrons. The Morgan fingerprint density at radius 3 is 2.50 bits per heavy atom. The lowest BCUT2D eigenvalue weighted by Crippen LogP contribution is -2.33. The highest BCUT2D eigenvalue weighted by molar-refractivity contribution is 6.24. The molecule has 4 rings (SSSR count). The number of hydrogen-bond acceptors (Lipinski definition) is 5. The van der Waals surface area contributed by atoms with Crippen molar-refractivity contribution in [3.63, 3.8) is 0 Å². The molecular weight excluding hydrogens is 384 g/mol. The molecule has 30 heavy (non-hydrogen) atoms. The fourth-order valence-electron chi connectivity index (χ4n) is 4.12. The number of nitrogens with zero attached hydrogens (tertiary/aromatic N) is 1. The van der Waals surface area contributed by atoms with Crippen LogP contribution in [0.5, 0.6) is 11.5 Å². The van der Waals surface area contributed by atoms with Gasteiger partial charge in [0, 0.05) is 13.0 Å². The number of imide groups is 1. The zero-order chi connectivity index (χ0) is 21.3. The van der Waals surface area contributed by atoms with Gasteiger partial charge < -0.3 is 15.2 Å². The van der Waals surface area contributed by atoms with Gasteiger partial charge in [-0.15, -0.1) is 0 Å². The molecule has 1 saturated carbocycles. The van der Waals surface area contributed by atoms with Crippen LogP contribution in [0, 0.1) is 0 Å². The third kappa shape index (κ3) is 3.63. The van der Waals surface area contributed by atoms with Crippen LogP contribution in [0.1, 0.15) is 52.8 Å². The van der Waals surface area contributed by atoms with Crippen molar-refractivity contribution in [2.24, 2.45) is 5.73 Å². The van der Waals surface area contributed by atoms with E-state index < -0.39 is 17.7 Å². The van der Waals surface area contributed by atoms with Gasteiger partial charge in [0.2, 0.25) is 5.91 Å². The van der Waals surface area contributed by atoms with Gasteiger partial charge in [-0.25, -0.2) is 0 Å². The topological polar surface area (TPSA) is 98.9 Å². The highest BCUT2D eigenvalue weighted by Crippen LogP contribution is 2.38. The molecule has 7 heteroatoms. The smallest absolute Gasteiger partial charge is 0.262 e. The minimum Gasteiger partial charge on any atom is -0.493 e. The van der Waals surface area contributed by atoms with Crippen LogP contribution in [0.4, 0.5) is 0 Å². The van der Waals surface area contributed by atoms with Crippen LogP contribution in [0.25, 0.3) is 11.1 Å². The standard InChI is InChI=1S/C23H24N2O5/c1-29-18-10-9-14(13-19(18)30-15-5-2-3-6-15)16-7-4-8-17-21(16)23(28)25(22(17)27)12-11-20(24)26/h4,7-10,13,15H,2-3,5-6,11-12H2,1H3,(H2,24,26). The van der Waals surface area contributed by atoms with Gasteiger partial charge in [0.25, 0.3) is 11.8 Å². The molecule has 0 saturated heterocycles. The Morgan fingerprint density at radius 2 is 1.80 bits per heavy atom. The second kappa shape index (κ2) is 8.18. The first-order valence-electron chi connectivity index (χ1n) is 10.1. The summed E-state index contributed by atoms with van der Waals surface area (Å²) < 4.78 is 11.6. The summed E-state index contributed by atoms with van der Waals surface area (Å²) in [5.41, 5.74) is 7.26. The van der Waals surface area contributed by atoms with Gasteiger partial charge in [-0.1, -0.05) is 18.2 Å². The molecule has 2 aromatic rings. The fraction of sp³-hybridized carbons (Fsp3) is 0.348. The van der Waals surface area contributed by atoms with E-state index in [1.54, 1.807) is 19.2 Å². The molecule has 1 aliphatic heterocycles. The number of hydrogen-bond donors (Lipinski definition) is 1. The molecule has 1 heterocycles. The Hall–Kier alpha value is -3.35. The molecule has 0 unspecified atom stereocenters. The molecule has 0 atom stereocenters. The van der Waals surface area contributed by atoms with E-state index in [9.17, 15) is 14.4 Å². The number of carbonyl (C=O) groups excluding carboxylic acids is 3. The number of benzene rings is 2. The van der Waals surface area contributed by atoms with Crippen molar-refractivity contribution in [3.8, 4) is 22.6 Å². The molecule has 2 aliphatic rings. The van der Waals surface area contributed by atoms with Crippen molar-refractivity contribution < 1.29 is 23.9 Å². The second-order valence-corrected chi connectivity index (χ2v) is 7.60. The molecular formula is C23H24N2O5. The van der Waals surface area contributed by atoms with Gasteiger partial charge in [0.05, 0.1) is 24.3 Å². The van der Waals surface area contributed by atoms with Crippen LogP contribution in [-0.2, 0) is 4.79 Å². The lowest BCUT2D eigenvalue weighted by molar-refractivity contribution is -0.118. The molecule has 2 N–H and O–H groups in total. The summed E-state index contributed by atoms with van der Waals surface area (Å²) in [7, 11) is 1.59. The first kappa shape index (κ1) is 19.9. The Bertz CT molecular complexity index is 1010. The maximum atomic E-state index is 13.0. The van der Waals surface area contributed by atoms with Gasteiger partial charge in [0.15, 0.2) is 11.5 Å². The molecule has 0 spiro atoms. The van der Waals surface area contributed by atoms with E-state index in [0.29, 0.717) is 28.2 Å². The van der Waals surface area contributed by atoms with E-state index in [4.69, 9.17) is 15.2 Å². The summed E-state index contributed by atoms with van der Waals surface area (Å²) >= 11 is 0. The number of carbonyl (C=O) groups is 3. The number of rotatable bonds is 7. The van der Waals surface area contributed by atoms with Crippen LogP contribution < -0.4 is 15.2 Å². The van der Waals surface area contributed by atoms with E-state index in [0.717, 1.165) is 36.1 Å². The maximum absolute atomic E-state index is 13.0. The van der Waals surface area contributed by atoms with E-state index in [-0.39, 0.29) is 19.1 Å². The first-order chi connectivity index (χ1) is 14.5. The van der Waals surface area contributed by atoms with Crippen molar-refractivity contribution in [2.45, 2.75) is 38.2 Å². The minimum absolute atomic E-state index is 0.0280. The number of fused-ring (bicyclic) bond motifs is 1. The highest BCUT2D eigenvalue weighted by atomic mass is 16.5. The quantitative estimate of drug-likeness (QED) is 0.710. The number of nitrogens with two attached hydrogens (primary N) is 1. The van der Waals surface area contributed by atoms with E-state index >= 15 is 0 Å². The normalized spacial score (nSPS) is 16.1. The predicted molar refractivity (Wildman–Crippen MR) is 110 cm³/mol. The van der Waals surface area contributed by atoms with Crippen molar-refractivity contribution in [1.29, 1.82) is 0 Å². The summed E-state index contributed by atoms with van der Waals surface area (Å²) in [5, 5.41) is 0. The minimum atomic E-state index is -0.560. The second-order valence-electron chi connectivity index (χ2n) is 7.60. The number of primary amides is 1. The van der Waals surface area contributed by atoms with Crippen LogP contribution in [0.15, 0.2) is 36.4 Å². The summed E-state index contributed by atoms with van der Waals surface area (Å²) in [5.74, 6) is -0.129. The zero-order valence-corrected chi connectivity index (χ0v) is 16.8. The van der Waals surface area contributed by atoms with Gasteiger partial charge in [-0.05, 0) is 55.0 Å². The van der Waals surface area contributed by atoms with Crippen molar-refractivity contribution >= 4 is 17.7 Å². The predicted octanol–water partition coefficient (Wildman–Crippen LogP) is 3.16. The van der Waals surface area contributed by atoms with Crippen LogP contribution in [0.3, 0.4) is 0 Å². The SMILES string of the molecule is COc1ccc(-c2cccc3c2C(=O)N(CCC(N)=O)C3=O)cc1OC1CCCC1. The lowest BCUT2D eigenvalue weighted by atomic mass is 9.96. The number of methoxy groups -OCH3 is 1. The van der Waals surface area contributed by atoms with E-state index in [1.807, 2.05) is 24.3 Å². The fourth-order valence-corrected chi connectivity index (χ4v) is 4.12. The monoisotopic (exact) mass is 408 g/mol. The van der Waals surface area contributed by atoms with Crippen molar-refractivity contribution in [2.75, 3.05) is 13.7 Å². The Labute approximate surface area is 174 Å². The molecule has 2 aromatic carbocycles. The lowest BCUT2D eigenvalue weighted by Gasteiger charge is -2.17. The Kier molecular flexibility index (Phi) is 5.44. The summed E-state index contributed by atoms with van der Waals surface area (Å²) in [6.07, 6.45) is 4.41. The Balaban J connectivity index is 1.70. The summed E-state index contributed by atoms with van der Waals surface area (Å²) in [4.78, 5) is 37.9. The van der Waals surface area contributed by atoms with Crippen LogP contribution in [0.2, 0.25) is 0 Å². The van der Waals surface area contributed by atoms with Crippen LogP contribution >= 0.6 is 0 Å². The number of ether oxygens (including phenoxy) is 2. The van der Waals surface area contributed by atoms with Gasteiger partial charge in [-0.2, -0.15) is 0 Å². The van der Waals surface area contributed by atoms with Gasteiger partial charge in [-0.3, -0.25) is 19.3 Å². The molecule has 7 nitrogen and oxygen atoms in total. The van der Waals surface area contributed by atoms with Gasteiger partial charge in [0.1, 0.15) is 0 Å². The van der Waals surface area contributed by atoms with Crippen molar-refractivity contribution in [3.05, 3.63) is 47.5 Å². The van der Waals surface area contributed by atoms with E-state index in [2.05, 4.69) is 0 Å². The van der Waals surface area contributed by atoms with Crippen LogP contribution in [-0.4, -0.2) is 42.4 Å². The summed E-state index contributed by atoms with van der Waals surface area (Å²) in [6.45, 7) is -0.0280. The third-order valence-corrected chi connectivity index (χ3v) is 5.65. The first-order valence-corrected chi connectivity index (χ1v) is 10.1. The van der Waals surface area contributed by atoms with E-state index in [1.165, 1.54) is 0 Å². The molecule has 1 aliphatic carbocycles. The molecule has 0 aromatic heterocycles. The van der Waals surface area contributed by atoms with Crippen molar-refractivity contribution in [1.82, 2.24) is 4.90 Å². The number of amides is 3. The largest absolute Gasteiger partial charge is 0.493 e. The Morgan fingerprint density at radius 1 is 1.07 bits per heavy atom. The average Bonchev–Trinajstić information content (AvgIpc) is 3.33. The average molecular weight is 408 g/mol. The zero-order valence-electron chi connectivity index (χ0n) is 16.8. The third-order valence-electron chi connectivity index (χ3n) is 5.65. The summed E-state index contributed by atoms with van der Waals surface area (Å²) in [6, 6.07) is 10.7. The molecule has 3 amide bonds. The molecule has 0 bridgehead atoms. The molecule has 156 valence electrons. The maximum Gasteiger partial charge on any atom is 0.262 e. The highest BCUT2D eigenvalue weighted by Gasteiger charge is 2.37. The van der Waals surface area contributed by atoms with Gasteiger partial charge >= 0.3 is 0 Å². The molecule has 1 fully saturated rings.